The molecular weight excluding hydrogens is 152 g/mol. The van der Waals surface area contributed by atoms with Crippen LogP contribution >= 0.6 is 0 Å². The smallest absolute Gasteiger partial charge is 0.417 e. The Kier molecular flexibility index (Phi) is 19.7. The van der Waals surface area contributed by atoms with E-state index >= 15 is 0 Å². The highest BCUT2D eigenvalue weighted by molar-refractivity contribution is 5.37. The van der Waals surface area contributed by atoms with Gasteiger partial charge in [0.1, 0.15) is 0 Å². The first-order valence-corrected chi connectivity index (χ1v) is 4.61. The zero-order chi connectivity index (χ0) is 9.66. The summed E-state index contributed by atoms with van der Waals surface area (Å²) in [5.41, 5.74) is 0. The normalized spacial score (nSPS) is 8.25. The number of hydrogen-bond acceptors (Lipinski definition) is 2. The minimum atomic E-state index is 0.531. The van der Waals surface area contributed by atoms with Gasteiger partial charge in [0.05, 0.1) is 6.61 Å². The van der Waals surface area contributed by atoms with E-state index in [9.17, 15) is 4.79 Å². The van der Waals surface area contributed by atoms with Crippen LogP contribution in [-0.2, 0) is 9.53 Å². The second kappa shape index (κ2) is 16.8. The third-order valence-electron chi connectivity index (χ3n) is 1.16. The summed E-state index contributed by atoms with van der Waals surface area (Å²) < 4.78 is 4.37. The maximum Gasteiger partial charge on any atom is 0.417 e. The van der Waals surface area contributed by atoms with Crippen molar-refractivity contribution in [1.29, 1.82) is 0 Å². The molecule has 0 N–H and O–H groups in total. The van der Waals surface area contributed by atoms with E-state index in [2.05, 4.69) is 18.6 Å². The van der Waals surface area contributed by atoms with Crippen LogP contribution in [0.5, 0.6) is 0 Å². The van der Waals surface area contributed by atoms with E-state index in [-0.39, 0.29) is 0 Å². The molecule has 0 saturated heterocycles. The van der Waals surface area contributed by atoms with Gasteiger partial charge in [-0.15, -0.1) is 0 Å². The van der Waals surface area contributed by atoms with E-state index < -0.39 is 0 Å². The molecule has 0 heterocycles. The lowest BCUT2D eigenvalue weighted by atomic mass is 10.2. The van der Waals surface area contributed by atoms with Gasteiger partial charge in [-0.25, -0.2) is 4.79 Å². The lowest BCUT2D eigenvalue weighted by molar-refractivity contribution is 0.269. The maximum absolute atomic E-state index is 9.49. The lowest BCUT2D eigenvalue weighted by Crippen LogP contribution is -1.90. The van der Waals surface area contributed by atoms with Gasteiger partial charge in [-0.05, 0) is 6.42 Å². The summed E-state index contributed by atoms with van der Waals surface area (Å²) in [6, 6.07) is 0. The first-order chi connectivity index (χ1) is 5.83. The lowest BCUT2D eigenvalue weighted by Gasteiger charge is -1.95. The van der Waals surface area contributed by atoms with Crippen molar-refractivity contribution in [3.63, 3.8) is 0 Å². The topological polar surface area (TPSA) is 26.3 Å². The molecule has 0 aromatic carbocycles. The highest BCUT2D eigenvalue weighted by Crippen LogP contribution is 1.97. The molecule has 12 heavy (non-hydrogen) atoms. The Balaban J connectivity index is 0. The van der Waals surface area contributed by atoms with E-state index in [1.54, 1.807) is 0 Å². The van der Waals surface area contributed by atoms with Crippen molar-refractivity contribution >= 4 is 6.47 Å². The van der Waals surface area contributed by atoms with Crippen molar-refractivity contribution in [3.8, 4) is 0 Å². The van der Waals surface area contributed by atoms with Crippen LogP contribution in [0.15, 0.2) is 0 Å². The molecule has 0 aromatic rings. The van der Waals surface area contributed by atoms with E-state index in [1.165, 1.54) is 19.3 Å². The number of ether oxygens (including phenoxy) is 1. The van der Waals surface area contributed by atoms with Gasteiger partial charge < -0.3 is 4.74 Å². The zero-order valence-corrected chi connectivity index (χ0v) is 8.27. The molecule has 0 aliphatic carbocycles. The Labute approximate surface area is 76.3 Å². The van der Waals surface area contributed by atoms with E-state index in [1.807, 2.05) is 6.92 Å². The summed E-state index contributed by atoms with van der Waals surface area (Å²) in [7, 11) is 0. The maximum atomic E-state index is 9.49. The summed E-state index contributed by atoms with van der Waals surface area (Å²) in [5, 5.41) is 0. The first-order valence-electron chi connectivity index (χ1n) is 4.61. The van der Waals surface area contributed by atoms with Gasteiger partial charge >= 0.3 is 6.47 Å². The van der Waals surface area contributed by atoms with Crippen molar-refractivity contribution in [2.45, 2.75) is 46.0 Å². The molecule has 0 amide bonds. The third kappa shape index (κ3) is 22.7. The fourth-order valence-corrected chi connectivity index (χ4v) is 0.643. The molecule has 2 nitrogen and oxygen atoms in total. The molecule has 0 fully saturated rings. The Morgan fingerprint density at radius 2 is 1.83 bits per heavy atom. The van der Waals surface area contributed by atoms with Gasteiger partial charge in [-0.1, -0.05) is 46.5 Å². The van der Waals surface area contributed by atoms with Crippen LogP contribution in [0.25, 0.3) is 0 Å². The summed E-state index contributed by atoms with van der Waals surface area (Å²) in [6.45, 7) is 9.57. The molecule has 0 rings (SSSR count). The predicted octanol–water partition coefficient (Wildman–Crippen LogP) is 2.88. The second-order valence-corrected chi connectivity index (χ2v) is 2.49. The minimum absolute atomic E-state index is 0.531. The summed E-state index contributed by atoms with van der Waals surface area (Å²) in [4.78, 5) is 9.49. The summed E-state index contributed by atoms with van der Waals surface area (Å²) in [5.74, 6) is 0. The van der Waals surface area contributed by atoms with Crippen molar-refractivity contribution in [2.75, 3.05) is 6.61 Å². The highest BCUT2D eigenvalue weighted by Gasteiger charge is 1.86. The average Bonchev–Trinajstić information content (AvgIpc) is 2.06. The Morgan fingerprint density at radius 1 is 1.25 bits per heavy atom. The van der Waals surface area contributed by atoms with Crippen molar-refractivity contribution in [1.82, 2.24) is 0 Å². The minimum Gasteiger partial charge on any atom is -0.457 e. The number of hydrogen-bond donors (Lipinski definition) is 0. The van der Waals surface area contributed by atoms with E-state index in [0.717, 1.165) is 19.3 Å². The third-order valence-corrected chi connectivity index (χ3v) is 1.16. The van der Waals surface area contributed by atoms with E-state index in [4.69, 9.17) is 0 Å². The zero-order valence-electron chi connectivity index (χ0n) is 8.27. The van der Waals surface area contributed by atoms with Crippen molar-refractivity contribution in [3.05, 3.63) is 6.92 Å². The number of carbonyl (C=O) groups excluding carboxylic acids is 1. The van der Waals surface area contributed by atoms with Gasteiger partial charge in [0.25, 0.3) is 0 Å². The molecule has 0 bridgehead atoms. The molecule has 0 spiro atoms. The molecule has 2 heteroatoms. The molecule has 72 valence electrons. The van der Waals surface area contributed by atoms with Crippen LogP contribution in [0.4, 0.5) is 0 Å². The van der Waals surface area contributed by atoms with Crippen LogP contribution in [0.3, 0.4) is 0 Å². The van der Waals surface area contributed by atoms with Crippen LogP contribution in [0.1, 0.15) is 46.0 Å². The molecule has 0 atom stereocenters. The largest absolute Gasteiger partial charge is 0.457 e. The first kappa shape index (κ1) is 14.0. The van der Waals surface area contributed by atoms with Crippen LogP contribution in [0, 0.1) is 6.92 Å². The van der Waals surface area contributed by atoms with Gasteiger partial charge in [0.15, 0.2) is 0 Å². The molecular formula is C10H20O2. The number of rotatable bonds is 6. The average molecular weight is 172 g/mol. The molecule has 0 aliphatic rings. The van der Waals surface area contributed by atoms with Crippen LogP contribution < -0.4 is 0 Å². The van der Waals surface area contributed by atoms with E-state index in [0.29, 0.717) is 6.61 Å². The van der Waals surface area contributed by atoms with Gasteiger partial charge in [0, 0.05) is 0 Å². The molecule has 0 aliphatic heterocycles. The van der Waals surface area contributed by atoms with Crippen molar-refractivity contribution in [2.24, 2.45) is 0 Å². The summed E-state index contributed by atoms with van der Waals surface area (Å²) >= 11 is 0. The molecule has 0 saturated carbocycles. The van der Waals surface area contributed by atoms with Crippen LogP contribution in [0.2, 0.25) is 0 Å². The monoisotopic (exact) mass is 172 g/mol. The van der Waals surface area contributed by atoms with Gasteiger partial charge in [-0.2, -0.15) is 0 Å². The van der Waals surface area contributed by atoms with Crippen molar-refractivity contribution < 1.29 is 9.53 Å². The second-order valence-electron chi connectivity index (χ2n) is 2.49. The SMILES string of the molecule is CCCCCCO[C]=O.[CH2]CC. The fraction of sp³-hybridized carbons (Fsp3) is 0.800. The highest BCUT2D eigenvalue weighted by atomic mass is 16.5. The summed E-state index contributed by atoms with van der Waals surface area (Å²) in [6.07, 6.45) is 5.56. The van der Waals surface area contributed by atoms with Crippen LogP contribution in [-0.4, -0.2) is 13.1 Å². The Morgan fingerprint density at radius 3 is 2.25 bits per heavy atom. The number of unbranched alkanes of at least 4 members (excludes halogenated alkanes) is 3. The Bertz CT molecular complexity index is 72.2. The van der Waals surface area contributed by atoms with Gasteiger partial charge in [-0.3, -0.25) is 0 Å². The molecule has 0 unspecified atom stereocenters. The molecule has 0 aromatic heterocycles. The fourth-order valence-electron chi connectivity index (χ4n) is 0.643. The Hall–Kier alpha value is -0.530. The molecule has 2 radical (unpaired) electrons. The standard InChI is InChI=1S/C7H13O2.C3H7/c1-2-3-4-5-6-9-7-8;1-3-2/h2-6H2,1H3;1,3H2,2H3. The van der Waals surface area contributed by atoms with Gasteiger partial charge in [0.2, 0.25) is 0 Å². The quantitative estimate of drug-likeness (QED) is 0.576. The predicted molar refractivity (Wildman–Crippen MR) is 51.4 cm³/mol.